The van der Waals surface area contributed by atoms with Crippen molar-refractivity contribution in [3.05, 3.63) is 23.8 Å². The smallest absolute Gasteiger partial charge is 0.484 e. The summed E-state index contributed by atoms with van der Waals surface area (Å²) < 4.78 is 77.0. The minimum atomic E-state index is -5.16. The van der Waals surface area contributed by atoms with E-state index in [4.69, 9.17) is 0 Å². The molecular formula is C9H8BF6O-. The first kappa shape index (κ1) is 13.7. The molecule has 8 heteroatoms. The minimum absolute atomic E-state index is 0.155. The van der Waals surface area contributed by atoms with Gasteiger partial charge in [-0.2, -0.15) is 13.2 Å². The molecule has 0 aliphatic heterocycles. The molecule has 1 rings (SSSR count). The highest BCUT2D eigenvalue weighted by molar-refractivity contribution is 6.74. The van der Waals surface area contributed by atoms with Crippen LogP contribution in [0.25, 0.3) is 0 Å². The van der Waals surface area contributed by atoms with E-state index in [1.807, 2.05) is 0 Å². The number of benzene rings is 1. The van der Waals surface area contributed by atoms with Gasteiger partial charge in [-0.1, -0.05) is 11.6 Å². The van der Waals surface area contributed by atoms with Crippen LogP contribution in [0.5, 0.6) is 5.75 Å². The van der Waals surface area contributed by atoms with Crippen LogP contribution in [-0.2, 0) is 0 Å². The Kier molecular flexibility index (Phi) is 3.64. The van der Waals surface area contributed by atoms with E-state index in [2.05, 4.69) is 4.74 Å². The Bertz CT molecular complexity index is 397. The van der Waals surface area contributed by atoms with Gasteiger partial charge < -0.3 is 17.7 Å². The van der Waals surface area contributed by atoms with Gasteiger partial charge >= 0.3 is 13.2 Å². The molecule has 0 unspecified atom stereocenters. The molecule has 0 saturated heterocycles. The molecule has 0 atom stereocenters. The van der Waals surface area contributed by atoms with Gasteiger partial charge in [0, 0.05) is 0 Å². The van der Waals surface area contributed by atoms with E-state index in [-0.39, 0.29) is 11.3 Å². The lowest BCUT2D eigenvalue weighted by Crippen LogP contribution is -2.36. The summed E-state index contributed by atoms with van der Waals surface area (Å²) in [7, 11) is 0. The fourth-order valence-corrected chi connectivity index (χ4v) is 1.27. The highest BCUT2D eigenvalue weighted by Crippen LogP contribution is 2.20. The van der Waals surface area contributed by atoms with Gasteiger partial charge in [-0.15, -0.1) is 5.46 Å². The normalized spacial score (nSPS) is 12.6. The molecule has 17 heavy (non-hydrogen) atoms. The first-order chi connectivity index (χ1) is 7.59. The third-order valence-corrected chi connectivity index (χ3v) is 2.00. The zero-order valence-electron chi connectivity index (χ0n) is 8.69. The Hall–Kier alpha value is -1.34. The van der Waals surface area contributed by atoms with Gasteiger partial charge in [0.05, 0.1) is 0 Å². The predicted octanol–water partition coefficient (Wildman–Crippen LogP) is 2.99. The lowest BCUT2D eigenvalue weighted by atomic mass is 9.77. The molecule has 0 N–H and O–H groups in total. The van der Waals surface area contributed by atoms with E-state index in [0.29, 0.717) is 0 Å². The van der Waals surface area contributed by atoms with Crippen molar-refractivity contribution in [2.75, 3.05) is 6.61 Å². The quantitative estimate of drug-likeness (QED) is 0.597. The van der Waals surface area contributed by atoms with Crippen molar-refractivity contribution in [2.45, 2.75) is 13.1 Å². The molecule has 0 aromatic heterocycles. The van der Waals surface area contributed by atoms with Crippen LogP contribution < -0.4 is 10.2 Å². The van der Waals surface area contributed by atoms with Crippen LogP contribution in [0.3, 0.4) is 0 Å². The second-order valence-corrected chi connectivity index (χ2v) is 3.50. The average molecular weight is 257 g/mol. The molecule has 0 radical (unpaired) electrons. The first-order valence-corrected chi connectivity index (χ1v) is 4.59. The molecular weight excluding hydrogens is 249 g/mol. The summed E-state index contributed by atoms with van der Waals surface area (Å²) in [5.74, 6) is -0.233. The number of halogens is 6. The van der Waals surface area contributed by atoms with Crippen molar-refractivity contribution in [3.63, 3.8) is 0 Å². The molecule has 0 heterocycles. The molecule has 1 aromatic rings. The molecule has 0 aliphatic carbocycles. The Morgan fingerprint density at radius 1 is 1.18 bits per heavy atom. The zero-order chi connectivity index (χ0) is 13.3. The monoisotopic (exact) mass is 257 g/mol. The standard InChI is InChI=1S/C9H8BF6O/c1-6-4-7(17-5-9(11,12)13)2-3-8(6)10(14,15)16/h2-4H,5H2,1H3/q-1. The maximum absolute atomic E-state index is 12.4. The van der Waals surface area contributed by atoms with Crippen LogP contribution in [0.4, 0.5) is 26.1 Å². The maximum Gasteiger partial charge on any atom is 0.509 e. The number of rotatable bonds is 3. The summed E-state index contributed by atoms with van der Waals surface area (Å²) in [6.45, 7) is -5.51. The fourth-order valence-electron chi connectivity index (χ4n) is 1.27. The highest BCUT2D eigenvalue weighted by Gasteiger charge is 2.29. The Morgan fingerprint density at radius 3 is 2.18 bits per heavy atom. The van der Waals surface area contributed by atoms with Crippen LogP contribution in [0.2, 0.25) is 0 Å². The molecule has 1 nitrogen and oxygen atoms in total. The Balaban J connectivity index is 2.83. The van der Waals surface area contributed by atoms with E-state index < -0.39 is 25.2 Å². The number of hydrogen-bond acceptors (Lipinski definition) is 1. The SMILES string of the molecule is Cc1cc(OCC(F)(F)F)ccc1[B-](F)(F)F. The van der Waals surface area contributed by atoms with Crippen LogP contribution in [0.15, 0.2) is 18.2 Å². The Labute approximate surface area is 93.4 Å². The third kappa shape index (κ3) is 4.20. The molecule has 0 bridgehead atoms. The topological polar surface area (TPSA) is 9.23 Å². The fraction of sp³-hybridized carbons (Fsp3) is 0.333. The van der Waals surface area contributed by atoms with Gasteiger partial charge in [-0.25, -0.2) is 0 Å². The summed E-state index contributed by atoms with van der Waals surface area (Å²) in [4.78, 5) is 0. The van der Waals surface area contributed by atoms with Gasteiger partial charge in [-0.05, 0) is 19.1 Å². The first-order valence-electron chi connectivity index (χ1n) is 4.59. The molecule has 0 amide bonds. The van der Waals surface area contributed by atoms with Crippen molar-refractivity contribution in [2.24, 2.45) is 0 Å². The molecule has 0 saturated carbocycles. The lowest BCUT2D eigenvalue weighted by molar-refractivity contribution is -0.153. The molecule has 0 aliphatic rings. The number of aryl methyl sites for hydroxylation is 1. The molecule has 1 aromatic carbocycles. The maximum atomic E-state index is 12.4. The molecule has 96 valence electrons. The second-order valence-electron chi connectivity index (χ2n) is 3.50. The number of hydrogen-bond donors (Lipinski definition) is 0. The van der Waals surface area contributed by atoms with Gasteiger partial charge in [0.15, 0.2) is 6.61 Å². The van der Waals surface area contributed by atoms with Crippen molar-refractivity contribution in [1.29, 1.82) is 0 Å². The molecule has 0 spiro atoms. The molecule has 0 fully saturated rings. The van der Waals surface area contributed by atoms with E-state index in [1.54, 1.807) is 0 Å². The number of alkyl halides is 3. The number of ether oxygens (including phenoxy) is 1. The van der Waals surface area contributed by atoms with Gasteiger partial charge in [-0.3, -0.25) is 0 Å². The minimum Gasteiger partial charge on any atom is -0.484 e. The summed E-state index contributed by atoms with van der Waals surface area (Å²) in [6.07, 6.45) is -4.51. The highest BCUT2D eigenvalue weighted by atomic mass is 19.4. The summed E-state index contributed by atoms with van der Waals surface area (Å²) in [6, 6.07) is 2.54. The predicted molar refractivity (Wildman–Crippen MR) is 51.4 cm³/mol. The van der Waals surface area contributed by atoms with Crippen LogP contribution in [-0.4, -0.2) is 19.8 Å². The Morgan fingerprint density at radius 2 is 1.76 bits per heavy atom. The van der Waals surface area contributed by atoms with Crippen molar-refractivity contribution < 1.29 is 30.9 Å². The second kappa shape index (κ2) is 4.50. The van der Waals surface area contributed by atoms with Gasteiger partial charge in [0.25, 0.3) is 0 Å². The van der Waals surface area contributed by atoms with E-state index in [9.17, 15) is 26.1 Å². The van der Waals surface area contributed by atoms with Crippen molar-refractivity contribution in [1.82, 2.24) is 0 Å². The van der Waals surface area contributed by atoms with Gasteiger partial charge in [0.2, 0.25) is 0 Å². The van der Waals surface area contributed by atoms with Crippen molar-refractivity contribution >= 4 is 12.4 Å². The summed E-state index contributed by atoms with van der Waals surface area (Å²) >= 11 is 0. The van der Waals surface area contributed by atoms with E-state index in [1.165, 1.54) is 6.92 Å². The van der Waals surface area contributed by atoms with E-state index >= 15 is 0 Å². The van der Waals surface area contributed by atoms with Crippen LogP contribution >= 0.6 is 0 Å². The summed E-state index contributed by atoms with van der Waals surface area (Å²) in [5.41, 5.74) is -0.985. The van der Waals surface area contributed by atoms with Crippen LogP contribution in [0.1, 0.15) is 5.56 Å². The third-order valence-electron chi connectivity index (χ3n) is 2.00. The van der Waals surface area contributed by atoms with Crippen LogP contribution in [0, 0.1) is 6.92 Å². The average Bonchev–Trinajstić information content (AvgIpc) is 2.11. The van der Waals surface area contributed by atoms with Gasteiger partial charge in [0.1, 0.15) is 5.75 Å². The van der Waals surface area contributed by atoms with E-state index in [0.717, 1.165) is 18.2 Å². The summed E-state index contributed by atoms with van der Waals surface area (Å²) in [5, 5.41) is 0. The van der Waals surface area contributed by atoms with Crippen molar-refractivity contribution in [3.8, 4) is 5.75 Å². The largest absolute Gasteiger partial charge is 0.509 e. The lowest BCUT2D eigenvalue weighted by Gasteiger charge is -2.18. The zero-order valence-corrected chi connectivity index (χ0v) is 8.69.